The van der Waals surface area contributed by atoms with Gasteiger partial charge in [-0.2, -0.15) is 0 Å². The lowest BCUT2D eigenvalue weighted by atomic mass is 9.98. The van der Waals surface area contributed by atoms with Gasteiger partial charge in [0.2, 0.25) is 0 Å². The number of hydrogen-bond acceptors (Lipinski definition) is 1. The van der Waals surface area contributed by atoms with Crippen molar-refractivity contribution in [3.05, 3.63) is 0 Å². The summed E-state index contributed by atoms with van der Waals surface area (Å²) in [5.74, 6) is 1.40. The van der Waals surface area contributed by atoms with Crippen molar-refractivity contribution in [2.24, 2.45) is 5.92 Å². The largest absolute Gasteiger partial charge is 0.300 e. The van der Waals surface area contributed by atoms with Crippen LogP contribution in [0.2, 0.25) is 0 Å². The molecule has 1 rings (SSSR count). The molecule has 0 heterocycles. The van der Waals surface area contributed by atoms with Crippen molar-refractivity contribution in [3.63, 3.8) is 0 Å². The van der Waals surface area contributed by atoms with Gasteiger partial charge in [0.15, 0.2) is 0 Å². The van der Waals surface area contributed by atoms with Gasteiger partial charge in [-0.3, -0.25) is 4.79 Å². The van der Waals surface area contributed by atoms with Crippen molar-refractivity contribution < 1.29 is 4.79 Å². The molecular weight excluding hydrogens is 208 g/mol. The molecular formula is C16H30O. The Kier molecular flexibility index (Phi) is 8.38. The molecule has 0 atom stereocenters. The molecule has 0 amide bonds. The molecule has 0 aromatic heterocycles. The summed E-state index contributed by atoms with van der Waals surface area (Å²) in [6.45, 7) is 2.24. The lowest BCUT2D eigenvalue weighted by molar-refractivity contribution is -0.119. The summed E-state index contributed by atoms with van der Waals surface area (Å²) in [4.78, 5) is 11.7. The lowest BCUT2D eigenvalue weighted by Crippen LogP contribution is -2.02. The summed E-state index contributed by atoms with van der Waals surface area (Å²) in [5.41, 5.74) is 0. The Morgan fingerprint density at radius 1 is 0.941 bits per heavy atom. The van der Waals surface area contributed by atoms with Crippen LogP contribution in [0.4, 0.5) is 0 Å². The summed E-state index contributed by atoms with van der Waals surface area (Å²) in [7, 11) is 0. The maximum atomic E-state index is 11.7. The van der Waals surface area contributed by atoms with E-state index >= 15 is 0 Å². The van der Waals surface area contributed by atoms with Gasteiger partial charge >= 0.3 is 0 Å². The van der Waals surface area contributed by atoms with Gasteiger partial charge in [-0.15, -0.1) is 0 Å². The zero-order chi connectivity index (χ0) is 12.3. The van der Waals surface area contributed by atoms with Crippen LogP contribution < -0.4 is 0 Å². The van der Waals surface area contributed by atoms with E-state index in [0.717, 1.165) is 25.2 Å². The average molecular weight is 238 g/mol. The zero-order valence-electron chi connectivity index (χ0n) is 11.7. The minimum atomic E-state index is 0.521. The van der Waals surface area contributed by atoms with E-state index in [1.54, 1.807) is 0 Å². The summed E-state index contributed by atoms with van der Waals surface area (Å²) in [6.07, 6.45) is 16.2. The molecule has 1 heteroatoms. The molecule has 0 spiro atoms. The van der Waals surface area contributed by atoms with Crippen molar-refractivity contribution in [1.82, 2.24) is 0 Å². The van der Waals surface area contributed by atoms with E-state index in [0.29, 0.717) is 5.78 Å². The highest BCUT2D eigenvalue weighted by molar-refractivity contribution is 5.78. The van der Waals surface area contributed by atoms with E-state index in [2.05, 4.69) is 6.92 Å². The highest BCUT2D eigenvalue weighted by Crippen LogP contribution is 2.28. The van der Waals surface area contributed by atoms with E-state index < -0.39 is 0 Å². The number of hydrogen-bond donors (Lipinski definition) is 0. The Balaban J connectivity index is 1.87. The fourth-order valence-corrected chi connectivity index (χ4v) is 2.89. The van der Waals surface area contributed by atoms with Gasteiger partial charge in [0, 0.05) is 12.8 Å². The van der Waals surface area contributed by atoms with Gasteiger partial charge in [-0.05, 0) is 18.8 Å². The SMILES string of the molecule is CCCCCCCCC(=O)CCC1CCCC1. The highest BCUT2D eigenvalue weighted by Gasteiger charge is 2.15. The smallest absolute Gasteiger partial charge is 0.132 e. The molecule has 0 bridgehead atoms. The molecule has 0 radical (unpaired) electrons. The summed E-state index contributed by atoms with van der Waals surface area (Å²) in [5, 5.41) is 0. The van der Waals surface area contributed by atoms with Gasteiger partial charge in [0.1, 0.15) is 5.78 Å². The van der Waals surface area contributed by atoms with Crippen molar-refractivity contribution in [2.45, 2.75) is 90.4 Å². The van der Waals surface area contributed by atoms with Gasteiger partial charge in [0.25, 0.3) is 0 Å². The fourth-order valence-electron chi connectivity index (χ4n) is 2.89. The van der Waals surface area contributed by atoms with Gasteiger partial charge in [-0.1, -0.05) is 64.7 Å². The quantitative estimate of drug-likeness (QED) is 0.473. The van der Waals surface area contributed by atoms with E-state index in [1.807, 2.05) is 0 Å². The third kappa shape index (κ3) is 7.57. The molecule has 1 nitrogen and oxygen atoms in total. The van der Waals surface area contributed by atoms with Gasteiger partial charge in [0.05, 0.1) is 0 Å². The first-order chi connectivity index (χ1) is 8.33. The second-order valence-corrected chi connectivity index (χ2v) is 5.75. The Morgan fingerprint density at radius 2 is 1.59 bits per heavy atom. The lowest BCUT2D eigenvalue weighted by Gasteiger charge is -2.07. The molecule has 0 saturated heterocycles. The molecule has 0 unspecified atom stereocenters. The Morgan fingerprint density at radius 3 is 2.29 bits per heavy atom. The Hall–Kier alpha value is -0.330. The second kappa shape index (κ2) is 9.67. The number of carbonyl (C=O) groups excluding carboxylic acids is 1. The molecule has 1 saturated carbocycles. The molecule has 0 aliphatic heterocycles. The summed E-state index contributed by atoms with van der Waals surface area (Å²) in [6, 6.07) is 0. The summed E-state index contributed by atoms with van der Waals surface area (Å²) < 4.78 is 0. The van der Waals surface area contributed by atoms with Crippen LogP contribution in [0, 0.1) is 5.92 Å². The van der Waals surface area contributed by atoms with Crippen LogP contribution in [-0.2, 0) is 4.79 Å². The molecule has 17 heavy (non-hydrogen) atoms. The van der Waals surface area contributed by atoms with Gasteiger partial charge in [-0.25, -0.2) is 0 Å². The highest BCUT2D eigenvalue weighted by atomic mass is 16.1. The van der Waals surface area contributed by atoms with Crippen LogP contribution in [0.25, 0.3) is 0 Å². The number of ketones is 1. The van der Waals surface area contributed by atoms with Crippen molar-refractivity contribution in [1.29, 1.82) is 0 Å². The third-order valence-electron chi connectivity index (χ3n) is 4.12. The van der Waals surface area contributed by atoms with Crippen molar-refractivity contribution in [3.8, 4) is 0 Å². The standard InChI is InChI=1S/C16H30O/c1-2-3-4-5-6-7-12-16(17)14-13-15-10-8-9-11-15/h15H,2-14H2,1H3. The summed E-state index contributed by atoms with van der Waals surface area (Å²) >= 11 is 0. The maximum absolute atomic E-state index is 11.7. The van der Waals surface area contributed by atoms with Crippen LogP contribution in [0.3, 0.4) is 0 Å². The first-order valence-electron chi connectivity index (χ1n) is 7.84. The fraction of sp³-hybridized carbons (Fsp3) is 0.938. The molecule has 100 valence electrons. The van der Waals surface area contributed by atoms with Crippen LogP contribution in [-0.4, -0.2) is 5.78 Å². The first kappa shape index (κ1) is 14.7. The average Bonchev–Trinajstić information content (AvgIpc) is 2.84. The first-order valence-corrected chi connectivity index (χ1v) is 7.84. The van der Waals surface area contributed by atoms with Crippen LogP contribution in [0.5, 0.6) is 0 Å². The molecule has 0 aromatic carbocycles. The number of rotatable bonds is 10. The van der Waals surface area contributed by atoms with Crippen LogP contribution >= 0.6 is 0 Å². The van der Waals surface area contributed by atoms with Crippen molar-refractivity contribution in [2.75, 3.05) is 0 Å². The molecule has 1 aliphatic carbocycles. The Labute approximate surface area is 107 Å². The molecule has 0 N–H and O–H groups in total. The molecule has 1 aliphatic rings. The van der Waals surface area contributed by atoms with E-state index in [1.165, 1.54) is 64.2 Å². The second-order valence-electron chi connectivity index (χ2n) is 5.75. The van der Waals surface area contributed by atoms with Gasteiger partial charge < -0.3 is 0 Å². The number of Topliss-reactive ketones (excluding diaryl/α,β-unsaturated/α-hetero) is 1. The molecule has 0 aromatic rings. The number of unbranched alkanes of at least 4 members (excludes halogenated alkanes) is 5. The predicted octanol–water partition coefficient (Wildman–Crippen LogP) is 5.28. The number of carbonyl (C=O) groups is 1. The minimum absolute atomic E-state index is 0.521. The zero-order valence-corrected chi connectivity index (χ0v) is 11.7. The van der Waals surface area contributed by atoms with Crippen LogP contribution in [0.15, 0.2) is 0 Å². The monoisotopic (exact) mass is 238 g/mol. The van der Waals surface area contributed by atoms with E-state index in [4.69, 9.17) is 0 Å². The molecule has 1 fully saturated rings. The van der Waals surface area contributed by atoms with Crippen molar-refractivity contribution >= 4 is 5.78 Å². The topological polar surface area (TPSA) is 17.1 Å². The van der Waals surface area contributed by atoms with E-state index in [9.17, 15) is 4.79 Å². The normalized spacial score (nSPS) is 16.5. The minimum Gasteiger partial charge on any atom is -0.300 e. The Bertz CT molecular complexity index is 192. The van der Waals surface area contributed by atoms with Crippen LogP contribution in [0.1, 0.15) is 90.4 Å². The third-order valence-corrected chi connectivity index (χ3v) is 4.12. The maximum Gasteiger partial charge on any atom is 0.132 e. The van der Waals surface area contributed by atoms with E-state index in [-0.39, 0.29) is 0 Å². The predicted molar refractivity (Wildman–Crippen MR) is 74.2 cm³/mol.